The minimum Gasteiger partial charge on any atom is -0.261 e. The molecule has 0 radical (unpaired) electrons. The number of pyridine rings is 1. The van der Waals surface area contributed by atoms with Gasteiger partial charge in [-0.25, -0.2) is 8.78 Å². The second kappa shape index (κ2) is 5.62. The molecule has 1 heterocycles. The van der Waals surface area contributed by atoms with E-state index in [2.05, 4.69) is 4.98 Å². The van der Waals surface area contributed by atoms with Crippen LogP contribution in [-0.2, 0) is 0 Å². The zero-order valence-electron chi connectivity index (χ0n) is 8.44. The van der Waals surface area contributed by atoms with Gasteiger partial charge in [0.05, 0.1) is 0 Å². The first-order valence-corrected chi connectivity index (χ1v) is 4.32. The maximum atomic E-state index is 12.2. The van der Waals surface area contributed by atoms with E-state index in [1.807, 2.05) is 13.8 Å². The third-order valence-corrected chi connectivity index (χ3v) is 1.50. The molecule has 0 N–H and O–H groups in total. The molecule has 3 heteroatoms. The van der Waals surface area contributed by atoms with Gasteiger partial charge in [0.2, 0.25) is 0 Å². The molecular weight excluding hydrogens is 172 g/mol. The molecule has 0 atom stereocenters. The summed E-state index contributed by atoms with van der Waals surface area (Å²) in [4.78, 5) is 3.82. The Morgan fingerprint density at radius 3 is 2.15 bits per heavy atom. The zero-order chi connectivity index (χ0) is 10.4. The Bertz CT molecular complexity index is 259. The highest BCUT2D eigenvalue weighted by molar-refractivity contribution is 5.24. The largest absolute Gasteiger partial charge is 0.265 e. The summed E-state index contributed by atoms with van der Waals surface area (Å²) >= 11 is 0. The predicted molar refractivity (Wildman–Crippen MR) is 50.0 cm³/mol. The van der Waals surface area contributed by atoms with Crippen LogP contribution in [0.5, 0.6) is 0 Å². The molecule has 1 rings (SSSR count). The number of aromatic nitrogens is 1. The van der Waals surface area contributed by atoms with Crippen molar-refractivity contribution >= 4 is 0 Å². The molecule has 0 amide bonds. The van der Waals surface area contributed by atoms with E-state index >= 15 is 0 Å². The summed E-state index contributed by atoms with van der Waals surface area (Å²) < 4.78 is 24.3. The van der Waals surface area contributed by atoms with Crippen LogP contribution in [0.25, 0.3) is 0 Å². The van der Waals surface area contributed by atoms with Crippen molar-refractivity contribution in [3.63, 3.8) is 0 Å². The first kappa shape index (κ1) is 12.0. The Kier molecular flexibility index (Phi) is 5.19. The van der Waals surface area contributed by atoms with Gasteiger partial charge in [-0.2, -0.15) is 0 Å². The van der Waals surface area contributed by atoms with Gasteiger partial charge >= 0.3 is 0 Å². The molecule has 1 aromatic rings. The van der Waals surface area contributed by atoms with E-state index < -0.39 is 6.43 Å². The number of alkyl halides is 2. The summed E-state index contributed by atoms with van der Waals surface area (Å²) in [5, 5.41) is 0. The maximum absolute atomic E-state index is 12.2. The highest BCUT2D eigenvalue weighted by Crippen LogP contribution is 2.21. The van der Waals surface area contributed by atoms with Crippen LogP contribution in [0, 0.1) is 13.8 Å². The smallest absolute Gasteiger partial charge is 0.261 e. The number of rotatable bonds is 1. The van der Waals surface area contributed by atoms with Gasteiger partial charge in [0.15, 0.2) is 0 Å². The van der Waals surface area contributed by atoms with Crippen molar-refractivity contribution in [1.82, 2.24) is 4.98 Å². The lowest BCUT2D eigenvalue weighted by atomic mass is 10.1. The molecule has 0 unspecified atom stereocenters. The van der Waals surface area contributed by atoms with Crippen molar-refractivity contribution in [1.29, 1.82) is 0 Å². The maximum Gasteiger partial charge on any atom is 0.265 e. The van der Waals surface area contributed by atoms with E-state index in [0.29, 0.717) is 5.69 Å². The molecule has 0 aliphatic heterocycles. The first-order chi connectivity index (χ1) is 6.11. The third kappa shape index (κ3) is 3.49. The first-order valence-electron chi connectivity index (χ1n) is 4.32. The Morgan fingerprint density at radius 1 is 1.23 bits per heavy atom. The van der Waals surface area contributed by atoms with Gasteiger partial charge in [0, 0.05) is 17.5 Å². The third-order valence-electron chi connectivity index (χ3n) is 1.50. The van der Waals surface area contributed by atoms with Crippen LogP contribution >= 0.6 is 0 Å². The van der Waals surface area contributed by atoms with Crippen molar-refractivity contribution in [2.45, 2.75) is 34.1 Å². The number of halogens is 2. The molecule has 1 aromatic heterocycles. The van der Waals surface area contributed by atoms with Crippen LogP contribution in [-0.4, -0.2) is 4.98 Å². The van der Waals surface area contributed by atoms with Gasteiger partial charge in [0.25, 0.3) is 6.43 Å². The molecule has 0 bridgehead atoms. The van der Waals surface area contributed by atoms with E-state index in [1.165, 1.54) is 6.07 Å². The quantitative estimate of drug-likeness (QED) is 0.653. The molecule has 0 saturated heterocycles. The Balaban J connectivity index is 0.000000671. The molecule has 0 fully saturated rings. The van der Waals surface area contributed by atoms with Gasteiger partial charge in [-0.1, -0.05) is 13.8 Å². The molecular formula is C10H15F2N. The number of nitrogens with zero attached hydrogens (tertiary/aromatic N) is 1. The molecule has 0 aliphatic rings. The molecule has 74 valence electrons. The van der Waals surface area contributed by atoms with Crippen LogP contribution in [0.15, 0.2) is 12.3 Å². The Labute approximate surface area is 77.8 Å². The summed E-state index contributed by atoms with van der Waals surface area (Å²) in [7, 11) is 0. The predicted octanol–water partition coefficient (Wildman–Crippen LogP) is 3.66. The topological polar surface area (TPSA) is 12.9 Å². The highest BCUT2D eigenvalue weighted by atomic mass is 19.3. The lowest BCUT2D eigenvalue weighted by Crippen LogP contribution is -1.93. The van der Waals surface area contributed by atoms with Crippen LogP contribution < -0.4 is 0 Å². The molecule has 1 nitrogen and oxygen atoms in total. The molecule has 0 aliphatic carbocycles. The molecule has 0 spiro atoms. The second-order valence-electron chi connectivity index (χ2n) is 2.49. The van der Waals surface area contributed by atoms with E-state index in [9.17, 15) is 8.78 Å². The average Bonchev–Trinajstić information content (AvgIpc) is 2.12. The minimum absolute atomic E-state index is 0.0324. The Morgan fingerprint density at radius 2 is 1.77 bits per heavy atom. The van der Waals surface area contributed by atoms with Gasteiger partial charge in [-0.05, 0) is 25.5 Å². The van der Waals surface area contributed by atoms with Gasteiger partial charge in [-0.15, -0.1) is 0 Å². The van der Waals surface area contributed by atoms with Crippen molar-refractivity contribution in [3.8, 4) is 0 Å². The van der Waals surface area contributed by atoms with E-state index in [1.54, 1.807) is 20.0 Å². The average molecular weight is 187 g/mol. The van der Waals surface area contributed by atoms with Crippen molar-refractivity contribution < 1.29 is 8.78 Å². The molecule has 0 aromatic carbocycles. The normalized spacial score (nSPS) is 9.46. The standard InChI is InChI=1S/C8H9F2N.C2H6/c1-5-3-7(8(9)10)6(2)11-4-5;1-2/h3-4,8H,1-2H3;1-2H3. The number of hydrogen-bond acceptors (Lipinski definition) is 1. The minimum atomic E-state index is -2.41. The lowest BCUT2D eigenvalue weighted by molar-refractivity contribution is 0.150. The lowest BCUT2D eigenvalue weighted by Gasteiger charge is -2.03. The fourth-order valence-corrected chi connectivity index (χ4v) is 0.881. The number of hydrogen-bond donors (Lipinski definition) is 0. The van der Waals surface area contributed by atoms with Gasteiger partial charge < -0.3 is 0 Å². The van der Waals surface area contributed by atoms with Crippen molar-refractivity contribution in [3.05, 3.63) is 29.1 Å². The fourth-order valence-electron chi connectivity index (χ4n) is 0.881. The Hall–Kier alpha value is -0.990. The van der Waals surface area contributed by atoms with Crippen LogP contribution in [0.4, 0.5) is 8.78 Å². The van der Waals surface area contributed by atoms with Crippen molar-refractivity contribution in [2.75, 3.05) is 0 Å². The summed E-state index contributed by atoms with van der Waals surface area (Å²) in [5.41, 5.74) is 1.21. The molecule has 0 saturated carbocycles. The van der Waals surface area contributed by atoms with Gasteiger partial charge in [-0.3, -0.25) is 4.98 Å². The summed E-state index contributed by atoms with van der Waals surface area (Å²) in [6.07, 6.45) is -0.830. The van der Waals surface area contributed by atoms with E-state index in [4.69, 9.17) is 0 Å². The summed E-state index contributed by atoms with van der Waals surface area (Å²) in [6.45, 7) is 7.33. The second-order valence-corrected chi connectivity index (χ2v) is 2.49. The van der Waals surface area contributed by atoms with E-state index in [0.717, 1.165) is 5.56 Å². The number of aryl methyl sites for hydroxylation is 2. The van der Waals surface area contributed by atoms with Crippen molar-refractivity contribution in [2.24, 2.45) is 0 Å². The zero-order valence-corrected chi connectivity index (χ0v) is 8.44. The fraction of sp³-hybridized carbons (Fsp3) is 0.500. The van der Waals surface area contributed by atoms with E-state index in [-0.39, 0.29) is 5.56 Å². The van der Waals surface area contributed by atoms with Gasteiger partial charge in [0.1, 0.15) is 0 Å². The summed E-state index contributed by atoms with van der Waals surface area (Å²) in [5.74, 6) is 0. The van der Waals surface area contributed by atoms with Crippen LogP contribution in [0.1, 0.15) is 37.1 Å². The van der Waals surface area contributed by atoms with Crippen LogP contribution in [0.2, 0.25) is 0 Å². The highest BCUT2D eigenvalue weighted by Gasteiger charge is 2.10. The van der Waals surface area contributed by atoms with Crippen LogP contribution in [0.3, 0.4) is 0 Å². The SMILES string of the molecule is CC.Cc1cnc(C)c(C(F)F)c1. The molecule has 13 heavy (non-hydrogen) atoms. The summed E-state index contributed by atoms with van der Waals surface area (Å²) in [6, 6.07) is 1.47. The monoisotopic (exact) mass is 187 g/mol.